The largest absolute Gasteiger partial charge is 0.350 e. The Morgan fingerprint density at radius 3 is 2.88 bits per heavy atom. The fourth-order valence-electron chi connectivity index (χ4n) is 1.53. The minimum atomic E-state index is -0.0714. The lowest BCUT2D eigenvalue weighted by Gasteiger charge is -2.25. The summed E-state index contributed by atoms with van der Waals surface area (Å²) in [5.74, 6) is 0.611. The second-order valence-electron chi connectivity index (χ2n) is 3.84. The van der Waals surface area contributed by atoms with Gasteiger partial charge in [-0.25, -0.2) is 4.98 Å². The third-order valence-corrected chi connectivity index (χ3v) is 3.61. The molecule has 0 radical (unpaired) electrons. The Balaban J connectivity index is 0.00000128. The van der Waals surface area contributed by atoms with Crippen molar-refractivity contribution in [1.29, 1.82) is 0 Å². The van der Waals surface area contributed by atoms with E-state index in [0.717, 1.165) is 11.6 Å². The highest BCUT2D eigenvalue weighted by Crippen LogP contribution is 2.25. The maximum atomic E-state index is 11.6. The summed E-state index contributed by atoms with van der Waals surface area (Å²) in [6.45, 7) is 1.19. The molecule has 1 aromatic rings. The molecule has 1 heterocycles. The molecule has 1 aliphatic carbocycles. The van der Waals surface area contributed by atoms with Crippen LogP contribution >= 0.6 is 23.7 Å². The van der Waals surface area contributed by atoms with Crippen LogP contribution in [0.2, 0.25) is 0 Å². The third-order valence-electron chi connectivity index (χ3n) is 2.74. The molecule has 1 aliphatic rings. The number of nitrogens with one attached hydrogen (secondary N) is 1. The zero-order valence-corrected chi connectivity index (χ0v) is 10.6. The van der Waals surface area contributed by atoms with Crippen molar-refractivity contribution in [3.05, 3.63) is 16.1 Å². The molecule has 0 aromatic carbocycles. The van der Waals surface area contributed by atoms with E-state index < -0.39 is 0 Å². The van der Waals surface area contributed by atoms with Gasteiger partial charge in [0.15, 0.2) is 0 Å². The van der Waals surface area contributed by atoms with E-state index in [4.69, 9.17) is 5.73 Å². The highest BCUT2D eigenvalue weighted by Gasteiger charge is 2.18. The number of rotatable bonds is 4. The number of thiazole rings is 1. The number of hydrogen-bond donors (Lipinski definition) is 2. The zero-order chi connectivity index (χ0) is 10.7. The predicted molar refractivity (Wildman–Crippen MR) is 66.9 cm³/mol. The van der Waals surface area contributed by atoms with E-state index in [1.807, 2.05) is 0 Å². The fourth-order valence-corrected chi connectivity index (χ4v) is 2.19. The summed E-state index contributed by atoms with van der Waals surface area (Å²) in [5, 5.41) is 5.47. The van der Waals surface area contributed by atoms with Crippen LogP contribution in [0.15, 0.2) is 5.38 Å². The molecule has 0 bridgehead atoms. The number of nitrogens with two attached hydrogens (primary N) is 1. The van der Waals surface area contributed by atoms with E-state index in [1.165, 1.54) is 30.6 Å². The second kappa shape index (κ2) is 6.18. The van der Waals surface area contributed by atoms with E-state index in [0.29, 0.717) is 18.2 Å². The number of aromatic nitrogens is 1. The van der Waals surface area contributed by atoms with Gasteiger partial charge in [-0.2, -0.15) is 0 Å². The Bertz CT molecular complexity index is 352. The van der Waals surface area contributed by atoms with Gasteiger partial charge >= 0.3 is 0 Å². The molecule has 0 aliphatic heterocycles. The Morgan fingerprint density at radius 1 is 1.62 bits per heavy atom. The zero-order valence-electron chi connectivity index (χ0n) is 8.94. The third kappa shape index (κ3) is 3.17. The quantitative estimate of drug-likeness (QED) is 0.864. The minimum absolute atomic E-state index is 0. The van der Waals surface area contributed by atoms with E-state index in [-0.39, 0.29) is 18.3 Å². The SMILES string of the molecule is Cl.NCc1nc(C(=O)NCC2CCC2)cs1. The molecule has 1 amide bonds. The van der Waals surface area contributed by atoms with Crippen molar-refractivity contribution in [3.63, 3.8) is 0 Å². The van der Waals surface area contributed by atoms with Crippen LogP contribution in [0.25, 0.3) is 0 Å². The van der Waals surface area contributed by atoms with Gasteiger partial charge in [0.05, 0.1) is 0 Å². The van der Waals surface area contributed by atoms with Gasteiger partial charge in [-0.1, -0.05) is 6.42 Å². The average Bonchev–Trinajstić information content (AvgIpc) is 2.63. The van der Waals surface area contributed by atoms with Crippen molar-refractivity contribution in [3.8, 4) is 0 Å². The Hall–Kier alpha value is -0.650. The number of carbonyl (C=O) groups is 1. The number of nitrogens with zero attached hydrogens (tertiary/aromatic N) is 1. The molecule has 0 spiro atoms. The van der Waals surface area contributed by atoms with Crippen LogP contribution in [-0.2, 0) is 6.54 Å². The number of carbonyl (C=O) groups excluding carboxylic acids is 1. The first-order chi connectivity index (χ1) is 7.29. The molecule has 0 saturated heterocycles. The first-order valence-electron chi connectivity index (χ1n) is 5.22. The van der Waals surface area contributed by atoms with Crippen LogP contribution in [0, 0.1) is 5.92 Å². The smallest absolute Gasteiger partial charge is 0.270 e. The first-order valence-corrected chi connectivity index (χ1v) is 6.10. The summed E-state index contributed by atoms with van der Waals surface area (Å²) >= 11 is 1.43. The maximum Gasteiger partial charge on any atom is 0.270 e. The number of amides is 1. The Labute approximate surface area is 105 Å². The summed E-state index contributed by atoms with van der Waals surface area (Å²) in [7, 11) is 0. The molecule has 16 heavy (non-hydrogen) atoms. The molecule has 90 valence electrons. The first kappa shape index (κ1) is 13.4. The van der Waals surface area contributed by atoms with Crippen LogP contribution in [-0.4, -0.2) is 17.4 Å². The molecule has 0 unspecified atom stereocenters. The highest BCUT2D eigenvalue weighted by atomic mass is 35.5. The molecule has 6 heteroatoms. The highest BCUT2D eigenvalue weighted by molar-refractivity contribution is 7.09. The van der Waals surface area contributed by atoms with Crippen LogP contribution in [0.4, 0.5) is 0 Å². The summed E-state index contributed by atoms with van der Waals surface area (Å²) in [6.07, 6.45) is 3.78. The van der Waals surface area contributed by atoms with Crippen LogP contribution in [0.3, 0.4) is 0 Å². The lowest BCUT2D eigenvalue weighted by Crippen LogP contribution is -2.32. The van der Waals surface area contributed by atoms with Crippen molar-refractivity contribution in [2.45, 2.75) is 25.8 Å². The molecule has 3 N–H and O–H groups in total. The summed E-state index contributed by atoms with van der Waals surface area (Å²) < 4.78 is 0. The second-order valence-corrected chi connectivity index (χ2v) is 4.78. The van der Waals surface area contributed by atoms with Crippen molar-refractivity contribution < 1.29 is 4.79 Å². The fraction of sp³-hybridized carbons (Fsp3) is 0.600. The van der Waals surface area contributed by atoms with Crippen molar-refractivity contribution in [1.82, 2.24) is 10.3 Å². The lowest BCUT2D eigenvalue weighted by molar-refractivity contribution is 0.0934. The molecular weight excluding hydrogens is 246 g/mol. The maximum absolute atomic E-state index is 11.6. The Morgan fingerprint density at radius 2 is 2.38 bits per heavy atom. The molecular formula is C10H16ClN3OS. The molecule has 1 aromatic heterocycles. The number of hydrogen-bond acceptors (Lipinski definition) is 4. The van der Waals surface area contributed by atoms with Crippen molar-refractivity contribution >= 4 is 29.7 Å². The summed E-state index contributed by atoms with van der Waals surface area (Å²) in [4.78, 5) is 15.7. The summed E-state index contributed by atoms with van der Waals surface area (Å²) in [6, 6.07) is 0. The molecule has 1 fully saturated rings. The lowest BCUT2D eigenvalue weighted by atomic mass is 9.85. The van der Waals surface area contributed by atoms with Gasteiger partial charge < -0.3 is 11.1 Å². The van der Waals surface area contributed by atoms with Crippen LogP contribution in [0.5, 0.6) is 0 Å². The van der Waals surface area contributed by atoms with Gasteiger partial charge in [0, 0.05) is 18.5 Å². The average molecular weight is 262 g/mol. The van der Waals surface area contributed by atoms with Crippen LogP contribution in [0.1, 0.15) is 34.8 Å². The predicted octanol–water partition coefficient (Wildman–Crippen LogP) is 1.55. The van der Waals surface area contributed by atoms with Gasteiger partial charge in [-0.15, -0.1) is 23.7 Å². The normalized spacial score (nSPS) is 15.1. The standard InChI is InChI=1S/C10H15N3OS.ClH/c11-4-9-13-8(6-15-9)10(14)12-5-7-2-1-3-7;/h6-7H,1-5,11H2,(H,12,14);1H. The van der Waals surface area contributed by atoms with E-state index >= 15 is 0 Å². The van der Waals surface area contributed by atoms with Crippen LogP contribution < -0.4 is 11.1 Å². The van der Waals surface area contributed by atoms with Gasteiger partial charge in [0.25, 0.3) is 5.91 Å². The summed E-state index contributed by atoms with van der Waals surface area (Å²) in [5.41, 5.74) is 5.93. The molecule has 2 rings (SSSR count). The number of halogens is 1. The molecule has 1 saturated carbocycles. The topological polar surface area (TPSA) is 68.0 Å². The molecule has 0 atom stereocenters. The van der Waals surface area contributed by atoms with Gasteiger partial charge in [0.1, 0.15) is 10.7 Å². The van der Waals surface area contributed by atoms with Gasteiger partial charge in [-0.05, 0) is 18.8 Å². The Kier molecular flexibility index (Phi) is 5.18. The van der Waals surface area contributed by atoms with Crippen molar-refractivity contribution in [2.24, 2.45) is 11.7 Å². The van der Waals surface area contributed by atoms with Gasteiger partial charge in [0.2, 0.25) is 0 Å². The van der Waals surface area contributed by atoms with E-state index in [1.54, 1.807) is 5.38 Å². The monoisotopic (exact) mass is 261 g/mol. The van der Waals surface area contributed by atoms with Gasteiger partial charge in [-0.3, -0.25) is 4.79 Å². The van der Waals surface area contributed by atoms with Crippen molar-refractivity contribution in [2.75, 3.05) is 6.54 Å². The minimum Gasteiger partial charge on any atom is -0.350 e. The molecule has 4 nitrogen and oxygen atoms in total. The van der Waals surface area contributed by atoms with E-state index in [9.17, 15) is 4.79 Å². The van der Waals surface area contributed by atoms with E-state index in [2.05, 4.69) is 10.3 Å².